The molecule has 52 heavy (non-hydrogen) atoms. The highest BCUT2D eigenvalue weighted by Gasteiger charge is 2.18. The number of aromatic amines is 2. The van der Waals surface area contributed by atoms with E-state index in [1.54, 1.807) is 0 Å². The van der Waals surface area contributed by atoms with Gasteiger partial charge in [-0.2, -0.15) is 0 Å². The molecule has 2 aliphatic heterocycles. The molecule has 5 heteroatoms. The van der Waals surface area contributed by atoms with Gasteiger partial charge in [0.05, 0.1) is 40.4 Å². The zero-order chi connectivity index (χ0) is 35.6. The van der Waals surface area contributed by atoms with E-state index in [9.17, 15) is 0 Å². The molecule has 2 N–H and O–H groups in total. The Morgan fingerprint density at radius 1 is 0.481 bits per heavy atom. The number of aromatic nitrogens is 4. The fourth-order valence-corrected chi connectivity index (χ4v) is 7.24. The molecule has 0 unspecified atom stereocenters. The molecule has 0 radical (unpaired) electrons. The summed E-state index contributed by atoms with van der Waals surface area (Å²) in [6.07, 6.45) is 8.48. The Balaban J connectivity index is 1.50. The van der Waals surface area contributed by atoms with Gasteiger partial charge in [-0.25, -0.2) is 9.97 Å². The van der Waals surface area contributed by atoms with Crippen LogP contribution in [-0.4, -0.2) is 43.5 Å². The minimum Gasteiger partial charge on any atom is -0.354 e. The molecule has 2 aliphatic rings. The van der Waals surface area contributed by atoms with Gasteiger partial charge in [0.25, 0.3) is 0 Å². The topological polar surface area (TPSA) is 60.6 Å². The maximum atomic E-state index is 5.36. The van der Waals surface area contributed by atoms with Crippen molar-refractivity contribution >= 4 is 46.4 Å². The van der Waals surface area contributed by atoms with Crippen LogP contribution >= 0.6 is 0 Å². The van der Waals surface area contributed by atoms with E-state index in [2.05, 4.69) is 176 Å². The van der Waals surface area contributed by atoms with Crippen molar-refractivity contribution in [1.29, 1.82) is 0 Å². The van der Waals surface area contributed by atoms with Gasteiger partial charge in [0.15, 0.2) is 0 Å². The maximum Gasteiger partial charge on any atom is 0.0815 e. The van der Waals surface area contributed by atoms with Crippen LogP contribution in [0, 0.1) is 11.8 Å². The summed E-state index contributed by atoms with van der Waals surface area (Å²) in [5.41, 5.74) is 14.6. The monoisotopic (exact) mass is 675 g/mol. The van der Waals surface area contributed by atoms with E-state index in [4.69, 9.17) is 9.97 Å². The van der Waals surface area contributed by atoms with E-state index < -0.39 is 0 Å². The van der Waals surface area contributed by atoms with Crippen molar-refractivity contribution < 1.29 is 0 Å². The first-order valence-corrected chi connectivity index (χ1v) is 18.0. The number of hydrogen-bond donors (Lipinski definition) is 2. The van der Waals surface area contributed by atoms with Crippen LogP contribution in [0.15, 0.2) is 115 Å². The number of fused-ring (bicyclic) bond motifs is 8. The summed E-state index contributed by atoms with van der Waals surface area (Å²) >= 11 is 0. The molecule has 6 aromatic rings. The van der Waals surface area contributed by atoms with Crippen LogP contribution in [0.3, 0.4) is 0 Å². The summed E-state index contributed by atoms with van der Waals surface area (Å²) < 4.78 is 0. The SMILES string of the molecule is CC(C)N(CC#Cc1c2nc(c(-c3ccccc3)c3ccc([nH]3)c(-c3ccccc3)c3nc(c(-c4ccccc4)c4ccc1[nH]4)C=C3)C=C2)C(C)C. The Labute approximate surface area is 305 Å². The molecule has 8 bridgehead atoms. The number of nitrogens with zero attached hydrogens (tertiary/aromatic N) is 3. The lowest BCUT2D eigenvalue weighted by Gasteiger charge is -2.28. The van der Waals surface area contributed by atoms with Crippen molar-refractivity contribution in [3.63, 3.8) is 0 Å². The second-order valence-electron chi connectivity index (χ2n) is 13.8. The molecule has 3 aromatic heterocycles. The number of nitrogens with one attached hydrogen (secondary N) is 2. The first kappa shape index (κ1) is 33.0. The predicted molar refractivity (Wildman–Crippen MR) is 219 cm³/mol. The van der Waals surface area contributed by atoms with Crippen LogP contribution < -0.4 is 0 Å². The summed E-state index contributed by atoms with van der Waals surface area (Å²) in [7, 11) is 0. The van der Waals surface area contributed by atoms with Crippen LogP contribution in [0.4, 0.5) is 0 Å². The molecule has 0 fully saturated rings. The van der Waals surface area contributed by atoms with Gasteiger partial charge in [0.2, 0.25) is 0 Å². The summed E-state index contributed by atoms with van der Waals surface area (Å²) in [4.78, 5) is 20.7. The zero-order valence-corrected chi connectivity index (χ0v) is 30.0. The van der Waals surface area contributed by atoms with E-state index in [0.29, 0.717) is 18.6 Å². The molecule has 5 heterocycles. The number of rotatable bonds is 6. The lowest BCUT2D eigenvalue weighted by atomic mass is 10.0. The lowest BCUT2D eigenvalue weighted by Crippen LogP contribution is -2.37. The minimum atomic E-state index is 0.385. The number of H-pyrrole nitrogens is 2. The average Bonchev–Trinajstić information content (AvgIpc) is 4.00. The fraction of sp³-hybridized carbons (Fsp3) is 0.149. The van der Waals surface area contributed by atoms with Gasteiger partial charge >= 0.3 is 0 Å². The summed E-state index contributed by atoms with van der Waals surface area (Å²) in [5, 5.41) is 0. The molecule has 0 saturated heterocycles. The molecular formula is C47H41N5. The molecule has 5 nitrogen and oxygen atoms in total. The molecule has 0 aliphatic carbocycles. The fourth-order valence-electron chi connectivity index (χ4n) is 7.24. The van der Waals surface area contributed by atoms with Gasteiger partial charge in [-0.15, -0.1) is 0 Å². The van der Waals surface area contributed by atoms with Crippen molar-refractivity contribution in [2.75, 3.05) is 6.54 Å². The third-order valence-electron chi connectivity index (χ3n) is 9.74. The van der Waals surface area contributed by atoms with Gasteiger partial charge in [0, 0.05) is 45.3 Å². The first-order valence-electron chi connectivity index (χ1n) is 18.0. The van der Waals surface area contributed by atoms with Crippen molar-refractivity contribution in [1.82, 2.24) is 24.8 Å². The molecule has 0 spiro atoms. The summed E-state index contributed by atoms with van der Waals surface area (Å²) in [5.74, 6) is 7.09. The third kappa shape index (κ3) is 6.41. The van der Waals surface area contributed by atoms with Gasteiger partial charge in [0.1, 0.15) is 0 Å². The summed E-state index contributed by atoms with van der Waals surface area (Å²) in [6.45, 7) is 9.55. The predicted octanol–water partition coefficient (Wildman–Crippen LogP) is 11.1. The molecule has 3 aromatic carbocycles. The second-order valence-corrected chi connectivity index (χ2v) is 13.8. The Morgan fingerprint density at radius 3 is 1.27 bits per heavy atom. The first-order chi connectivity index (χ1) is 25.4. The largest absolute Gasteiger partial charge is 0.354 e. The van der Waals surface area contributed by atoms with Crippen molar-refractivity contribution in [2.24, 2.45) is 0 Å². The highest BCUT2D eigenvalue weighted by molar-refractivity contribution is 5.98. The minimum absolute atomic E-state index is 0.385. The average molecular weight is 676 g/mol. The standard InChI is InChI=1S/C47H41N5/c1-31(2)52(32(3)4)30-14-21-36-37-22-24-39(48-37)45(33-15-8-5-9-16-33)41-26-28-43(50-41)47(35-19-12-7-13-20-35)44-29-27-42(51-44)46(34-17-10-6-11-18-34)40-25-23-38(36)49-40/h5-13,15-20,22-29,31-32,48,51H,30H2,1-4H3. The second kappa shape index (κ2) is 14.2. The molecule has 8 rings (SSSR count). The van der Waals surface area contributed by atoms with Crippen LogP contribution in [-0.2, 0) is 0 Å². The molecular weight excluding hydrogens is 635 g/mol. The van der Waals surface area contributed by atoms with E-state index in [1.807, 2.05) is 18.2 Å². The maximum absolute atomic E-state index is 5.36. The van der Waals surface area contributed by atoms with Gasteiger partial charge < -0.3 is 9.97 Å². The van der Waals surface area contributed by atoms with E-state index in [1.165, 1.54) is 0 Å². The Kier molecular flexibility index (Phi) is 8.99. The highest BCUT2D eigenvalue weighted by Crippen LogP contribution is 2.36. The van der Waals surface area contributed by atoms with Crippen molar-refractivity contribution in [2.45, 2.75) is 39.8 Å². The Bertz CT molecular complexity index is 2500. The van der Waals surface area contributed by atoms with Crippen molar-refractivity contribution in [3.05, 3.63) is 144 Å². The van der Waals surface area contributed by atoms with Crippen LogP contribution in [0.25, 0.3) is 79.8 Å². The Morgan fingerprint density at radius 2 is 0.846 bits per heavy atom. The van der Waals surface area contributed by atoms with Crippen LogP contribution in [0.2, 0.25) is 0 Å². The molecule has 0 amide bonds. The third-order valence-corrected chi connectivity index (χ3v) is 9.74. The smallest absolute Gasteiger partial charge is 0.0815 e. The summed E-state index contributed by atoms with van der Waals surface area (Å²) in [6, 6.07) is 40.8. The number of hydrogen-bond acceptors (Lipinski definition) is 3. The number of benzene rings is 3. The van der Waals surface area contributed by atoms with Gasteiger partial charge in [-0.05, 0) is 93.0 Å². The van der Waals surface area contributed by atoms with E-state index >= 15 is 0 Å². The molecule has 0 atom stereocenters. The van der Waals surface area contributed by atoms with E-state index in [-0.39, 0.29) is 0 Å². The van der Waals surface area contributed by atoms with Gasteiger partial charge in [-0.3, -0.25) is 4.90 Å². The molecule has 254 valence electrons. The highest BCUT2D eigenvalue weighted by atomic mass is 15.2. The lowest BCUT2D eigenvalue weighted by molar-refractivity contribution is 0.200. The van der Waals surface area contributed by atoms with Crippen LogP contribution in [0.5, 0.6) is 0 Å². The van der Waals surface area contributed by atoms with E-state index in [0.717, 1.165) is 83.8 Å². The normalized spacial score (nSPS) is 12.1. The quantitative estimate of drug-likeness (QED) is 0.172. The Hall–Kier alpha value is -6.22. The van der Waals surface area contributed by atoms with Crippen molar-refractivity contribution in [3.8, 4) is 45.2 Å². The zero-order valence-electron chi connectivity index (χ0n) is 30.0. The molecule has 0 saturated carbocycles. The van der Waals surface area contributed by atoms with Gasteiger partial charge in [-0.1, -0.05) is 103 Å². The van der Waals surface area contributed by atoms with Crippen LogP contribution in [0.1, 0.15) is 56.0 Å².